The number of nitrogens with one attached hydrogen (secondary N) is 2. The van der Waals surface area contributed by atoms with Gasteiger partial charge in [0, 0.05) is 27.9 Å². The number of alkyl halides is 1. The van der Waals surface area contributed by atoms with Crippen LogP contribution < -0.4 is 10.6 Å². The Balaban J connectivity index is 1.32. The largest absolute Gasteiger partial charge is 0.461 e. The molecule has 1 heterocycles. The second-order valence-electron chi connectivity index (χ2n) is 8.40. The zero-order chi connectivity index (χ0) is 21.9. The highest BCUT2D eigenvalue weighted by atomic mass is 79.9. The Morgan fingerprint density at radius 1 is 1.13 bits per heavy atom. The number of carbonyl (C=O) groups excluding carboxylic acids is 3. The number of benzene rings is 2. The van der Waals surface area contributed by atoms with Gasteiger partial charge in [0.05, 0.1) is 16.7 Å². The lowest BCUT2D eigenvalue weighted by Crippen LogP contribution is -2.40. The Morgan fingerprint density at radius 3 is 2.71 bits per heavy atom. The van der Waals surface area contributed by atoms with Crippen molar-refractivity contribution in [2.75, 3.05) is 10.6 Å². The Bertz CT molecular complexity index is 1110. The van der Waals surface area contributed by atoms with Crippen molar-refractivity contribution >= 4 is 56.7 Å². The molecule has 2 amide bonds. The van der Waals surface area contributed by atoms with Crippen LogP contribution in [0.25, 0.3) is 0 Å². The molecule has 160 valence electrons. The number of carbonyl (C=O) groups is 3. The highest BCUT2D eigenvalue weighted by Crippen LogP contribution is 2.60. The molecule has 31 heavy (non-hydrogen) atoms. The van der Waals surface area contributed by atoms with Gasteiger partial charge >= 0.3 is 5.97 Å². The first-order valence-electron chi connectivity index (χ1n) is 10.2. The Morgan fingerprint density at radius 2 is 1.90 bits per heavy atom. The number of halogens is 2. The van der Waals surface area contributed by atoms with Gasteiger partial charge in [0.25, 0.3) is 5.91 Å². The topological polar surface area (TPSA) is 84.5 Å². The lowest BCUT2D eigenvalue weighted by atomic mass is 9.79. The summed E-state index contributed by atoms with van der Waals surface area (Å²) in [5.41, 5.74) is 2.33. The molecule has 2 aliphatic carbocycles. The summed E-state index contributed by atoms with van der Waals surface area (Å²) in [5.74, 6) is -1.40. The van der Waals surface area contributed by atoms with Crippen LogP contribution in [0, 0.1) is 30.6 Å². The maximum atomic E-state index is 13.1. The average molecular weight is 504 g/mol. The van der Waals surface area contributed by atoms with Gasteiger partial charge in [-0.15, -0.1) is 0 Å². The fourth-order valence-corrected chi connectivity index (χ4v) is 6.45. The summed E-state index contributed by atoms with van der Waals surface area (Å²) in [7, 11) is 0. The standard InChI is InChI=1S/C23H20BrClN2O4/c1-10-15(25)6-3-7-16(10)27-21(28)11-4-2-5-12(8-11)26-22(29)17-13-9-14-18(17)23(30)31-20(14)19(13)24/h2-8,13-14,17-20H,9H2,1H3,(H,26,29)(H,27,28)/t13-,14-,17-,18-,19+,20+/m1/s1. The molecule has 6 nitrogen and oxygen atoms in total. The molecule has 0 spiro atoms. The van der Waals surface area contributed by atoms with Crippen LogP contribution in [0.3, 0.4) is 0 Å². The van der Waals surface area contributed by atoms with Crippen LogP contribution in [0.2, 0.25) is 5.02 Å². The number of esters is 1. The van der Waals surface area contributed by atoms with Gasteiger partial charge in [0.2, 0.25) is 5.91 Å². The second-order valence-corrected chi connectivity index (χ2v) is 9.86. The molecule has 2 aromatic rings. The van der Waals surface area contributed by atoms with E-state index in [4.69, 9.17) is 16.3 Å². The predicted octanol–water partition coefficient (Wildman–Crippen LogP) is 4.41. The third-order valence-electron chi connectivity index (χ3n) is 6.73. The molecule has 1 aliphatic heterocycles. The summed E-state index contributed by atoms with van der Waals surface area (Å²) in [6, 6.07) is 12.1. The summed E-state index contributed by atoms with van der Waals surface area (Å²) in [6.07, 6.45) is 0.699. The minimum Gasteiger partial charge on any atom is -0.461 e. The predicted molar refractivity (Wildman–Crippen MR) is 120 cm³/mol. The number of hydrogen-bond donors (Lipinski definition) is 2. The van der Waals surface area contributed by atoms with Gasteiger partial charge in [-0.3, -0.25) is 14.4 Å². The van der Waals surface area contributed by atoms with Gasteiger partial charge in [0.15, 0.2) is 0 Å². The van der Waals surface area contributed by atoms with E-state index in [2.05, 4.69) is 26.6 Å². The van der Waals surface area contributed by atoms with Crippen molar-refractivity contribution in [1.29, 1.82) is 0 Å². The number of fused-ring (bicyclic) bond motifs is 1. The van der Waals surface area contributed by atoms with E-state index in [9.17, 15) is 14.4 Å². The molecule has 3 fully saturated rings. The smallest absolute Gasteiger partial charge is 0.310 e. The summed E-state index contributed by atoms with van der Waals surface area (Å²) < 4.78 is 5.48. The van der Waals surface area contributed by atoms with Gasteiger partial charge in [-0.2, -0.15) is 0 Å². The zero-order valence-corrected chi connectivity index (χ0v) is 18.9. The molecule has 2 saturated carbocycles. The lowest BCUT2D eigenvalue weighted by molar-refractivity contribution is -0.145. The van der Waals surface area contributed by atoms with Crippen molar-refractivity contribution in [1.82, 2.24) is 0 Å². The number of hydrogen-bond acceptors (Lipinski definition) is 4. The number of ether oxygens (including phenoxy) is 1. The van der Waals surface area contributed by atoms with Crippen LogP contribution in [0.5, 0.6) is 0 Å². The quantitative estimate of drug-likeness (QED) is 0.478. The minimum absolute atomic E-state index is 0.00833. The molecular weight excluding hydrogens is 484 g/mol. The molecule has 2 N–H and O–H groups in total. The first kappa shape index (κ1) is 20.5. The molecule has 8 heteroatoms. The van der Waals surface area contributed by atoms with Crippen molar-refractivity contribution in [3.8, 4) is 0 Å². The number of rotatable bonds is 4. The molecule has 6 atom stereocenters. The van der Waals surface area contributed by atoms with Gasteiger partial charge < -0.3 is 15.4 Å². The van der Waals surface area contributed by atoms with Crippen molar-refractivity contribution in [3.63, 3.8) is 0 Å². The van der Waals surface area contributed by atoms with Gasteiger partial charge in [-0.05, 0) is 55.2 Å². The van der Waals surface area contributed by atoms with E-state index < -0.39 is 5.92 Å². The summed E-state index contributed by atoms with van der Waals surface area (Å²) >= 11 is 9.75. The Labute approximate surface area is 192 Å². The fraction of sp³-hybridized carbons (Fsp3) is 0.348. The molecule has 0 radical (unpaired) electrons. The van der Waals surface area contributed by atoms with E-state index in [-0.39, 0.29) is 46.5 Å². The molecule has 1 saturated heterocycles. The molecule has 0 aromatic heterocycles. The van der Waals surface area contributed by atoms with Crippen molar-refractivity contribution in [2.24, 2.45) is 23.7 Å². The Kier molecular flexibility index (Phi) is 5.06. The second kappa shape index (κ2) is 7.64. The van der Waals surface area contributed by atoms with E-state index in [0.29, 0.717) is 22.0 Å². The van der Waals surface area contributed by atoms with E-state index in [1.807, 2.05) is 6.92 Å². The Hall–Kier alpha value is -2.38. The summed E-state index contributed by atoms with van der Waals surface area (Å²) in [4.78, 5) is 38.1. The van der Waals surface area contributed by atoms with Crippen molar-refractivity contribution in [2.45, 2.75) is 24.3 Å². The monoisotopic (exact) mass is 502 g/mol. The van der Waals surface area contributed by atoms with Crippen LogP contribution in [0.15, 0.2) is 42.5 Å². The molecule has 5 rings (SSSR count). The third-order valence-corrected chi connectivity index (χ3v) is 8.34. The van der Waals surface area contributed by atoms with Crippen molar-refractivity contribution in [3.05, 3.63) is 58.6 Å². The lowest BCUT2D eigenvalue weighted by Gasteiger charge is -2.27. The van der Waals surface area contributed by atoms with Gasteiger partial charge in [0.1, 0.15) is 6.10 Å². The SMILES string of the molecule is Cc1c(Cl)cccc1NC(=O)c1cccc(NC(=O)[C@@H]2[C@H]3C[C@H]4[C@H](OC(=O)[C@H]42)[C@H]3Br)c1. The van der Waals surface area contributed by atoms with E-state index in [1.165, 1.54) is 0 Å². The molecule has 0 unspecified atom stereocenters. The van der Waals surface area contributed by atoms with E-state index in [1.54, 1.807) is 42.5 Å². The fourth-order valence-electron chi connectivity index (χ4n) is 5.23. The number of anilines is 2. The highest BCUT2D eigenvalue weighted by Gasteiger charge is 2.67. The minimum atomic E-state index is -0.424. The average Bonchev–Trinajstić information content (AvgIpc) is 3.36. The van der Waals surface area contributed by atoms with Gasteiger partial charge in [-0.1, -0.05) is 39.7 Å². The molecule has 2 aromatic carbocycles. The van der Waals surface area contributed by atoms with Crippen LogP contribution in [0.4, 0.5) is 11.4 Å². The first-order chi connectivity index (χ1) is 14.8. The third kappa shape index (κ3) is 3.34. The summed E-state index contributed by atoms with van der Waals surface area (Å²) in [6.45, 7) is 1.83. The van der Waals surface area contributed by atoms with Crippen LogP contribution in [0.1, 0.15) is 22.3 Å². The van der Waals surface area contributed by atoms with Gasteiger partial charge in [-0.25, -0.2) is 0 Å². The maximum absolute atomic E-state index is 13.1. The van der Waals surface area contributed by atoms with Crippen molar-refractivity contribution < 1.29 is 19.1 Å². The van der Waals surface area contributed by atoms with Crippen LogP contribution >= 0.6 is 27.5 Å². The molecule has 3 aliphatic rings. The number of amides is 2. The van der Waals surface area contributed by atoms with Crippen LogP contribution in [-0.4, -0.2) is 28.7 Å². The molecule has 2 bridgehead atoms. The normalized spacial score (nSPS) is 30.2. The van der Waals surface area contributed by atoms with E-state index >= 15 is 0 Å². The summed E-state index contributed by atoms with van der Waals surface area (Å²) in [5, 5.41) is 6.33. The first-order valence-corrected chi connectivity index (χ1v) is 11.5. The zero-order valence-electron chi connectivity index (χ0n) is 16.6. The highest BCUT2D eigenvalue weighted by molar-refractivity contribution is 9.09. The van der Waals surface area contributed by atoms with Crippen LogP contribution in [-0.2, 0) is 14.3 Å². The van der Waals surface area contributed by atoms with E-state index in [0.717, 1.165) is 12.0 Å². The molecular formula is C23H20BrClN2O4. The maximum Gasteiger partial charge on any atom is 0.310 e.